The molecule has 0 amide bonds. The number of thioether (sulfide) groups is 1. The number of nitrogens with two attached hydrogens (primary N) is 1. The molecule has 0 aromatic carbocycles. The molecule has 0 saturated heterocycles. The molecule has 1 aliphatic rings. The highest BCUT2D eigenvalue weighted by Gasteiger charge is 2.23. The summed E-state index contributed by atoms with van der Waals surface area (Å²) >= 11 is 3.66. The van der Waals surface area contributed by atoms with Crippen molar-refractivity contribution in [1.82, 2.24) is 4.98 Å². The molecule has 1 aromatic heterocycles. The van der Waals surface area contributed by atoms with Gasteiger partial charge in [0.05, 0.1) is 5.69 Å². The number of aryl methyl sites for hydroxylation is 1. The van der Waals surface area contributed by atoms with Gasteiger partial charge in [0.15, 0.2) is 5.13 Å². The summed E-state index contributed by atoms with van der Waals surface area (Å²) in [6.45, 7) is 2.25. The SMILES string of the molecule is CSCC(C)N(C)c1nc2c(s1)C(N)CCC2. The third kappa shape index (κ3) is 2.77. The highest BCUT2D eigenvalue weighted by molar-refractivity contribution is 7.98. The van der Waals surface area contributed by atoms with E-state index in [-0.39, 0.29) is 6.04 Å². The van der Waals surface area contributed by atoms with Crippen LogP contribution in [-0.2, 0) is 6.42 Å². The van der Waals surface area contributed by atoms with Crippen LogP contribution in [0.3, 0.4) is 0 Å². The second kappa shape index (κ2) is 5.59. The summed E-state index contributed by atoms with van der Waals surface area (Å²) in [5.41, 5.74) is 7.38. The number of thiazole rings is 1. The lowest BCUT2D eigenvalue weighted by molar-refractivity contribution is 0.573. The van der Waals surface area contributed by atoms with E-state index < -0.39 is 0 Å². The quantitative estimate of drug-likeness (QED) is 0.914. The molecule has 0 fully saturated rings. The summed E-state index contributed by atoms with van der Waals surface area (Å²) in [6, 6.07) is 0.739. The zero-order valence-electron chi connectivity index (χ0n) is 10.8. The molecule has 0 bridgehead atoms. The molecule has 2 unspecified atom stereocenters. The monoisotopic (exact) mass is 271 g/mol. The molecule has 17 heavy (non-hydrogen) atoms. The molecular weight excluding hydrogens is 250 g/mol. The molecule has 1 heterocycles. The minimum Gasteiger partial charge on any atom is -0.348 e. The Morgan fingerprint density at radius 3 is 3.06 bits per heavy atom. The highest BCUT2D eigenvalue weighted by Crippen LogP contribution is 2.36. The largest absolute Gasteiger partial charge is 0.348 e. The van der Waals surface area contributed by atoms with E-state index in [1.165, 1.54) is 17.0 Å². The summed E-state index contributed by atoms with van der Waals surface area (Å²) in [7, 11) is 2.14. The van der Waals surface area contributed by atoms with Crippen molar-refractivity contribution in [3.63, 3.8) is 0 Å². The zero-order chi connectivity index (χ0) is 12.4. The third-order valence-corrected chi connectivity index (χ3v) is 5.49. The second-order valence-electron chi connectivity index (χ2n) is 4.72. The predicted molar refractivity (Wildman–Crippen MR) is 78.2 cm³/mol. The molecule has 1 aromatic rings. The maximum atomic E-state index is 6.14. The minimum atomic E-state index is 0.217. The Bertz CT molecular complexity index is 378. The Labute approximate surface area is 112 Å². The van der Waals surface area contributed by atoms with Gasteiger partial charge in [-0.1, -0.05) is 11.3 Å². The normalized spacial score (nSPS) is 21.1. The van der Waals surface area contributed by atoms with Crippen molar-refractivity contribution >= 4 is 28.2 Å². The molecule has 5 heteroatoms. The first-order chi connectivity index (χ1) is 8.13. The number of aromatic nitrogens is 1. The van der Waals surface area contributed by atoms with Gasteiger partial charge in [-0.2, -0.15) is 11.8 Å². The number of hydrogen-bond acceptors (Lipinski definition) is 5. The van der Waals surface area contributed by atoms with E-state index in [1.807, 2.05) is 11.8 Å². The molecule has 2 rings (SSSR count). The number of anilines is 1. The van der Waals surface area contributed by atoms with Crippen LogP contribution in [-0.4, -0.2) is 30.1 Å². The minimum absolute atomic E-state index is 0.217. The molecule has 2 atom stereocenters. The molecule has 0 aliphatic heterocycles. The number of rotatable bonds is 4. The van der Waals surface area contributed by atoms with Crippen LogP contribution in [0.4, 0.5) is 5.13 Å². The van der Waals surface area contributed by atoms with Crippen molar-refractivity contribution in [2.24, 2.45) is 5.73 Å². The second-order valence-corrected chi connectivity index (χ2v) is 6.64. The van der Waals surface area contributed by atoms with Crippen molar-refractivity contribution in [1.29, 1.82) is 0 Å². The molecule has 1 aliphatic carbocycles. The predicted octanol–water partition coefficient (Wildman–Crippen LogP) is 2.67. The van der Waals surface area contributed by atoms with Crippen LogP contribution in [0.1, 0.15) is 36.4 Å². The van der Waals surface area contributed by atoms with E-state index in [9.17, 15) is 0 Å². The maximum absolute atomic E-state index is 6.14. The van der Waals surface area contributed by atoms with Gasteiger partial charge in [0.1, 0.15) is 0 Å². The van der Waals surface area contributed by atoms with E-state index in [0.29, 0.717) is 6.04 Å². The van der Waals surface area contributed by atoms with Crippen LogP contribution in [0, 0.1) is 0 Å². The van der Waals surface area contributed by atoms with Gasteiger partial charge in [0.25, 0.3) is 0 Å². The third-order valence-electron chi connectivity index (χ3n) is 3.35. The average Bonchev–Trinajstić information content (AvgIpc) is 2.73. The van der Waals surface area contributed by atoms with Gasteiger partial charge in [-0.05, 0) is 32.4 Å². The molecule has 0 saturated carbocycles. The smallest absolute Gasteiger partial charge is 0.185 e. The molecular formula is C12H21N3S2. The van der Waals surface area contributed by atoms with E-state index in [2.05, 4.69) is 25.1 Å². The van der Waals surface area contributed by atoms with Crippen molar-refractivity contribution in [3.8, 4) is 0 Å². The summed E-state index contributed by atoms with van der Waals surface area (Å²) < 4.78 is 0. The van der Waals surface area contributed by atoms with Crippen LogP contribution < -0.4 is 10.6 Å². The zero-order valence-corrected chi connectivity index (χ0v) is 12.4. The molecule has 2 N–H and O–H groups in total. The van der Waals surface area contributed by atoms with Crippen LogP contribution in [0.25, 0.3) is 0 Å². The number of fused-ring (bicyclic) bond motifs is 1. The fourth-order valence-corrected chi connectivity index (χ4v) is 4.05. The topological polar surface area (TPSA) is 42.2 Å². The first kappa shape index (κ1) is 13.2. The van der Waals surface area contributed by atoms with Crippen molar-refractivity contribution in [2.45, 2.75) is 38.3 Å². The van der Waals surface area contributed by atoms with Crippen molar-refractivity contribution in [3.05, 3.63) is 10.6 Å². The summed E-state index contributed by atoms with van der Waals surface area (Å²) in [5, 5.41) is 1.13. The summed E-state index contributed by atoms with van der Waals surface area (Å²) in [4.78, 5) is 8.36. The lowest BCUT2D eigenvalue weighted by Gasteiger charge is -2.23. The number of nitrogens with zero attached hydrogens (tertiary/aromatic N) is 2. The van der Waals surface area contributed by atoms with E-state index in [4.69, 9.17) is 10.7 Å². The van der Waals surface area contributed by atoms with Gasteiger partial charge in [-0.3, -0.25) is 0 Å². The first-order valence-corrected chi connectivity index (χ1v) is 8.31. The molecule has 3 nitrogen and oxygen atoms in total. The van der Waals surface area contributed by atoms with Crippen LogP contribution in [0.15, 0.2) is 0 Å². The number of hydrogen-bond donors (Lipinski definition) is 1. The summed E-state index contributed by atoms with van der Waals surface area (Å²) in [5.74, 6) is 1.13. The Morgan fingerprint density at radius 1 is 1.65 bits per heavy atom. The van der Waals surface area contributed by atoms with Crippen LogP contribution >= 0.6 is 23.1 Å². The Balaban J connectivity index is 2.17. The standard InChI is InChI=1S/C12H21N3S2/c1-8(7-16-3)15(2)12-14-10-6-4-5-9(13)11(10)17-12/h8-9H,4-7,13H2,1-3H3. The fourth-order valence-electron chi connectivity index (χ4n) is 2.13. The van der Waals surface area contributed by atoms with Crippen molar-refractivity contribution in [2.75, 3.05) is 24.0 Å². The van der Waals surface area contributed by atoms with Crippen LogP contribution in [0.2, 0.25) is 0 Å². The first-order valence-electron chi connectivity index (χ1n) is 6.10. The Hall–Kier alpha value is -0.260. The fraction of sp³-hybridized carbons (Fsp3) is 0.750. The van der Waals surface area contributed by atoms with Crippen LogP contribution in [0.5, 0.6) is 0 Å². The van der Waals surface area contributed by atoms with Gasteiger partial charge < -0.3 is 10.6 Å². The van der Waals surface area contributed by atoms with Gasteiger partial charge >= 0.3 is 0 Å². The molecule has 96 valence electrons. The lowest BCUT2D eigenvalue weighted by Crippen LogP contribution is -2.30. The Morgan fingerprint density at radius 2 is 2.41 bits per heavy atom. The van der Waals surface area contributed by atoms with Gasteiger partial charge in [-0.25, -0.2) is 4.98 Å². The highest BCUT2D eigenvalue weighted by atomic mass is 32.2. The summed E-state index contributed by atoms with van der Waals surface area (Å²) in [6.07, 6.45) is 5.54. The van der Waals surface area contributed by atoms with Gasteiger partial charge in [-0.15, -0.1) is 0 Å². The van der Waals surface area contributed by atoms with Gasteiger partial charge in [0, 0.05) is 29.8 Å². The molecule has 0 radical (unpaired) electrons. The van der Waals surface area contributed by atoms with Gasteiger partial charge in [0.2, 0.25) is 0 Å². The lowest BCUT2D eigenvalue weighted by atomic mass is 9.99. The maximum Gasteiger partial charge on any atom is 0.185 e. The Kier molecular flexibility index (Phi) is 4.33. The van der Waals surface area contributed by atoms with E-state index in [1.54, 1.807) is 11.3 Å². The van der Waals surface area contributed by atoms with E-state index in [0.717, 1.165) is 23.7 Å². The molecule has 0 spiro atoms. The van der Waals surface area contributed by atoms with E-state index >= 15 is 0 Å². The van der Waals surface area contributed by atoms with Crippen molar-refractivity contribution < 1.29 is 0 Å². The average molecular weight is 271 g/mol.